The molecule has 32 heavy (non-hydrogen) atoms. The number of amides is 3. The van der Waals surface area contributed by atoms with Gasteiger partial charge in [0, 0.05) is 37.5 Å². The molecule has 0 aliphatic heterocycles. The lowest BCUT2D eigenvalue weighted by Gasteiger charge is -2.19. The highest BCUT2D eigenvalue weighted by atomic mass is 16.6. The van der Waals surface area contributed by atoms with Crippen LogP contribution in [-0.2, 0) is 21.4 Å². The lowest BCUT2D eigenvalue weighted by atomic mass is 10.2. The molecule has 4 N–H and O–H groups in total. The lowest BCUT2D eigenvalue weighted by molar-refractivity contribution is -0.137. The van der Waals surface area contributed by atoms with Crippen molar-refractivity contribution in [1.29, 1.82) is 0 Å². The highest BCUT2D eigenvalue weighted by molar-refractivity contribution is 6.04. The van der Waals surface area contributed by atoms with Crippen LogP contribution in [0.1, 0.15) is 50.5 Å². The lowest BCUT2D eigenvalue weighted by Crippen LogP contribution is -2.27. The smallest absolute Gasteiger partial charge is 0.412 e. The number of hydrogen-bond donors (Lipinski definition) is 4. The van der Waals surface area contributed by atoms with Crippen molar-refractivity contribution in [2.24, 2.45) is 7.05 Å². The van der Waals surface area contributed by atoms with E-state index in [4.69, 9.17) is 9.84 Å². The molecule has 172 valence electrons. The number of carbonyl (C=O) groups is 4. The summed E-state index contributed by atoms with van der Waals surface area (Å²) in [7, 11) is 1.67. The SMILES string of the molecule is Cn1cc(NC(=O)CCCC(=O)O)cc1C(=O)Nc1ccc(NC(=O)OC(C)(C)C)cc1. The second kappa shape index (κ2) is 10.5. The quantitative estimate of drug-likeness (QED) is 0.488. The summed E-state index contributed by atoms with van der Waals surface area (Å²) in [5.41, 5.74) is 1.19. The summed E-state index contributed by atoms with van der Waals surface area (Å²) in [5.74, 6) is -1.66. The molecule has 10 heteroatoms. The van der Waals surface area contributed by atoms with Crippen LogP contribution in [-0.4, -0.2) is 39.2 Å². The number of carboxylic acids is 1. The van der Waals surface area contributed by atoms with Gasteiger partial charge < -0.3 is 25.0 Å². The van der Waals surface area contributed by atoms with Crippen LogP contribution < -0.4 is 16.0 Å². The van der Waals surface area contributed by atoms with Gasteiger partial charge in [0.2, 0.25) is 5.91 Å². The minimum absolute atomic E-state index is 0.0758. The number of hydrogen-bond acceptors (Lipinski definition) is 5. The van der Waals surface area contributed by atoms with Crippen molar-refractivity contribution >= 4 is 40.9 Å². The van der Waals surface area contributed by atoms with E-state index >= 15 is 0 Å². The fourth-order valence-corrected chi connectivity index (χ4v) is 2.74. The van der Waals surface area contributed by atoms with Crippen LogP contribution in [0.3, 0.4) is 0 Å². The maximum Gasteiger partial charge on any atom is 0.412 e. The Morgan fingerprint density at radius 2 is 1.53 bits per heavy atom. The number of carboxylic acid groups (broad SMARTS) is 1. The number of nitrogens with zero attached hydrogens (tertiary/aromatic N) is 1. The average Bonchev–Trinajstić information content (AvgIpc) is 3.01. The van der Waals surface area contributed by atoms with E-state index in [1.54, 1.807) is 62.8 Å². The minimum Gasteiger partial charge on any atom is -0.481 e. The molecule has 0 spiro atoms. The molecule has 2 aromatic rings. The molecule has 1 aromatic carbocycles. The summed E-state index contributed by atoms with van der Waals surface area (Å²) in [4.78, 5) is 46.9. The van der Waals surface area contributed by atoms with E-state index in [0.29, 0.717) is 22.8 Å². The predicted octanol–water partition coefficient (Wildman–Crippen LogP) is 3.82. The first-order valence-corrected chi connectivity index (χ1v) is 10.0. The molecule has 0 atom stereocenters. The van der Waals surface area contributed by atoms with Gasteiger partial charge in [-0.2, -0.15) is 0 Å². The second-order valence-corrected chi connectivity index (χ2v) is 8.18. The van der Waals surface area contributed by atoms with Crippen LogP contribution in [0.4, 0.5) is 21.9 Å². The molecule has 1 aromatic heterocycles. The largest absolute Gasteiger partial charge is 0.481 e. The summed E-state index contributed by atoms with van der Waals surface area (Å²) in [6, 6.07) is 8.07. The Labute approximate surface area is 185 Å². The highest BCUT2D eigenvalue weighted by Crippen LogP contribution is 2.18. The number of rotatable bonds is 8. The highest BCUT2D eigenvalue weighted by Gasteiger charge is 2.17. The zero-order valence-electron chi connectivity index (χ0n) is 18.5. The van der Waals surface area contributed by atoms with Gasteiger partial charge in [-0.1, -0.05) is 0 Å². The van der Waals surface area contributed by atoms with E-state index in [-0.39, 0.29) is 31.1 Å². The zero-order valence-corrected chi connectivity index (χ0v) is 18.5. The first-order chi connectivity index (χ1) is 14.9. The van der Waals surface area contributed by atoms with Crippen LogP contribution in [0.25, 0.3) is 0 Å². The van der Waals surface area contributed by atoms with E-state index in [1.165, 1.54) is 6.07 Å². The van der Waals surface area contributed by atoms with Gasteiger partial charge in [-0.3, -0.25) is 19.7 Å². The number of ether oxygens (including phenoxy) is 1. The van der Waals surface area contributed by atoms with E-state index in [9.17, 15) is 19.2 Å². The van der Waals surface area contributed by atoms with Crippen LogP contribution in [0.15, 0.2) is 36.5 Å². The molecule has 10 nitrogen and oxygen atoms in total. The van der Waals surface area contributed by atoms with Crippen molar-refractivity contribution in [3.8, 4) is 0 Å². The fourth-order valence-electron chi connectivity index (χ4n) is 2.74. The molecule has 0 bridgehead atoms. The third kappa shape index (κ3) is 8.13. The van der Waals surface area contributed by atoms with E-state index < -0.39 is 17.7 Å². The van der Waals surface area contributed by atoms with Crippen molar-refractivity contribution in [2.75, 3.05) is 16.0 Å². The molecule has 0 unspecified atom stereocenters. The molecule has 0 saturated heterocycles. The second-order valence-electron chi connectivity index (χ2n) is 8.18. The Balaban J connectivity index is 1.93. The summed E-state index contributed by atoms with van der Waals surface area (Å²) < 4.78 is 6.76. The number of aryl methyl sites for hydroxylation is 1. The van der Waals surface area contributed by atoms with Crippen molar-refractivity contribution in [1.82, 2.24) is 4.57 Å². The van der Waals surface area contributed by atoms with Gasteiger partial charge in [0.1, 0.15) is 11.3 Å². The van der Waals surface area contributed by atoms with Crippen LogP contribution in [0.2, 0.25) is 0 Å². The third-order valence-electron chi connectivity index (χ3n) is 4.10. The maximum atomic E-state index is 12.6. The first-order valence-electron chi connectivity index (χ1n) is 10.0. The molecule has 0 saturated carbocycles. The Morgan fingerprint density at radius 3 is 2.09 bits per heavy atom. The van der Waals surface area contributed by atoms with E-state index in [0.717, 1.165) is 0 Å². The molecular weight excluding hydrogens is 416 g/mol. The Hall–Kier alpha value is -3.82. The predicted molar refractivity (Wildman–Crippen MR) is 120 cm³/mol. The standard InChI is InChI=1S/C22H28N4O6/c1-22(2,3)32-21(31)25-15-10-8-14(9-11-15)24-20(30)17-12-16(13-26(17)4)23-18(27)6-5-7-19(28)29/h8-13H,5-7H2,1-4H3,(H,23,27)(H,24,30)(H,25,31)(H,28,29). The molecule has 0 fully saturated rings. The van der Waals surface area contributed by atoms with Crippen molar-refractivity contribution in [2.45, 2.75) is 45.6 Å². The van der Waals surface area contributed by atoms with Crippen molar-refractivity contribution in [3.05, 3.63) is 42.2 Å². The van der Waals surface area contributed by atoms with Gasteiger partial charge in [0.05, 0.1) is 5.69 Å². The van der Waals surface area contributed by atoms with Gasteiger partial charge in [0.25, 0.3) is 5.91 Å². The molecular formula is C22H28N4O6. The Kier molecular flexibility index (Phi) is 8.00. The van der Waals surface area contributed by atoms with Gasteiger partial charge in [-0.05, 0) is 57.5 Å². The summed E-state index contributed by atoms with van der Waals surface area (Å²) in [6.45, 7) is 5.31. The van der Waals surface area contributed by atoms with E-state index in [2.05, 4.69) is 16.0 Å². The first kappa shape index (κ1) is 24.4. The molecule has 2 rings (SSSR count). The number of anilines is 3. The average molecular weight is 444 g/mol. The zero-order chi connectivity index (χ0) is 23.9. The van der Waals surface area contributed by atoms with Gasteiger partial charge in [-0.25, -0.2) is 4.79 Å². The topological polar surface area (TPSA) is 139 Å². The third-order valence-corrected chi connectivity index (χ3v) is 4.10. The molecule has 0 aliphatic carbocycles. The van der Waals surface area contributed by atoms with Crippen LogP contribution in [0.5, 0.6) is 0 Å². The number of benzene rings is 1. The normalized spacial score (nSPS) is 10.9. The van der Waals surface area contributed by atoms with E-state index in [1.807, 2.05) is 0 Å². The minimum atomic E-state index is -0.954. The summed E-state index contributed by atoms with van der Waals surface area (Å²) in [5, 5.41) is 16.6. The monoisotopic (exact) mass is 444 g/mol. The Bertz CT molecular complexity index is 989. The van der Waals surface area contributed by atoms with Gasteiger partial charge in [-0.15, -0.1) is 0 Å². The molecule has 0 radical (unpaired) electrons. The van der Waals surface area contributed by atoms with Crippen LogP contribution in [0, 0.1) is 0 Å². The molecule has 3 amide bonds. The number of aliphatic carboxylic acids is 1. The maximum absolute atomic E-state index is 12.6. The summed E-state index contributed by atoms with van der Waals surface area (Å²) >= 11 is 0. The molecule has 0 aliphatic rings. The van der Waals surface area contributed by atoms with Crippen molar-refractivity contribution < 1.29 is 29.0 Å². The number of nitrogens with one attached hydrogen (secondary N) is 3. The summed E-state index contributed by atoms with van der Waals surface area (Å²) in [6.07, 6.45) is 1.25. The van der Waals surface area contributed by atoms with Gasteiger partial charge in [0.15, 0.2) is 0 Å². The number of carbonyl (C=O) groups excluding carboxylic acids is 3. The van der Waals surface area contributed by atoms with Crippen molar-refractivity contribution in [3.63, 3.8) is 0 Å². The molecule has 1 heterocycles. The van der Waals surface area contributed by atoms with Gasteiger partial charge >= 0.3 is 12.1 Å². The Morgan fingerprint density at radius 1 is 0.938 bits per heavy atom. The number of aromatic nitrogens is 1. The van der Waals surface area contributed by atoms with Crippen LogP contribution >= 0.6 is 0 Å². The fraction of sp³-hybridized carbons (Fsp3) is 0.364.